The van der Waals surface area contributed by atoms with Crippen LogP contribution in [0.1, 0.15) is 17.5 Å². The number of aryl methyl sites for hydroxylation is 1. The molecule has 1 heterocycles. The summed E-state index contributed by atoms with van der Waals surface area (Å²) in [5.41, 5.74) is 3.01. The summed E-state index contributed by atoms with van der Waals surface area (Å²) < 4.78 is 13.7. The van der Waals surface area contributed by atoms with Crippen molar-refractivity contribution in [1.82, 2.24) is 5.32 Å². The molecule has 0 radical (unpaired) electrons. The summed E-state index contributed by atoms with van der Waals surface area (Å²) in [4.78, 5) is 14.3. The van der Waals surface area contributed by atoms with Gasteiger partial charge in [-0.1, -0.05) is 23.7 Å². The van der Waals surface area contributed by atoms with Crippen molar-refractivity contribution in [2.45, 2.75) is 26.3 Å². The number of carbonyl (C=O) groups excluding carboxylic acids is 1. The molecule has 1 fully saturated rings. The van der Waals surface area contributed by atoms with Crippen LogP contribution in [0.2, 0.25) is 5.02 Å². The van der Waals surface area contributed by atoms with Crippen molar-refractivity contribution in [3.63, 3.8) is 0 Å². The van der Waals surface area contributed by atoms with Gasteiger partial charge in [0.05, 0.1) is 0 Å². The Morgan fingerprint density at radius 1 is 1.28 bits per heavy atom. The zero-order valence-electron chi connectivity index (χ0n) is 14.3. The van der Waals surface area contributed by atoms with Crippen LogP contribution in [0, 0.1) is 19.7 Å². The third-order valence-electron chi connectivity index (χ3n) is 4.56. The van der Waals surface area contributed by atoms with Crippen molar-refractivity contribution < 1.29 is 9.18 Å². The summed E-state index contributed by atoms with van der Waals surface area (Å²) in [5, 5.41) is 6.42. The molecular formula is C19H21ClFN3O. The highest BCUT2D eigenvalue weighted by Crippen LogP contribution is 2.24. The molecule has 3 rings (SSSR count). The molecule has 25 heavy (non-hydrogen) atoms. The Morgan fingerprint density at radius 2 is 2.08 bits per heavy atom. The zero-order valence-corrected chi connectivity index (χ0v) is 15.0. The van der Waals surface area contributed by atoms with Crippen LogP contribution in [0.15, 0.2) is 36.4 Å². The number of hydrogen-bond donors (Lipinski definition) is 2. The van der Waals surface area contributed by atoms with Gasteiger partial charge in [0.15, 0.2) is 0 Å². The van der Waals surface area contributed by atoms with Gasteiger partial charge < -0.3 is 15.5 Å². The second-order valence-electron chi connectivity index (χ2n) is 6.38. The first kappa shape index (κ1) is 17.5. The van der Waals surface area contributed by atoms with E-state index in [1.54, 1.807) is 31.2 Å². The van der Waals surface area contributed by atoms with Crippen molar-refractivity contribution >= 4 is 29.0 Å². The summed E-state index contributed by atoms with van der Waals surface area (Å²) in [6.07, 6.45) is 0.817. The number of rotatable bonds is 3. The second-order valence-corrected chi connectivity index (χ2v) is 6.78. The average Bonchev–Trinajstić information content (AvgIpc) is 3.03. The smallest absolute Gasteiger partial charge is 0.319 e. The molecule has 1 aliphatic heterocycles. The Labute approximate surface area is 152 Å². The summed E-state index contributed by atoms with van der Waals surface area (Å²) in [7, 11) is 0. The van der Waals surface area contributed by atoms with E-state index in [9.17, 15) is 9.18 Å². The average molecular weight is 362 g/mol. The fourth-order valence-electron chi connectivity index (χ4n) is 2.98. The van der Waals surface area contributed by atoms with Gasteiger partial charge in [-0.25, -0.2) is 9.18 Å². The summed E-state index contributed by atoms with van der Waals surface area (Å²) in [5.74, 6) is -0.205. The van der Waals surface area contributed by atoms with Gasteiger partial charge in [-0.05, 0) is 55.7 Å². The minimum Gasteiger partial charge on any atom is -0.369 e. The number of amides is 2. The molecule has 1 unspecified atom stereocenters. The Balaban J connectivity index is 1.58. The van der Waals surface area contributed by atoms with E-state index in [-0.39, 0.29) is 17.9 Å². The van der Waals surface area contributed by atoms with E-state index in [2.05, 4.69) is 15.5 Å². The van der Waals surface area contributed by atoms with Crippen molar-refractivity contribution in [1.29, 1.82) is 0 Å². The third-order valence-corrected chi connectivity index (χ3v) is 4.97. The molecule has 2 N–H and O–H groups in total. The first-order valence-corrected chi connectivity index (χ1v) is 8.65. The standard InChI is InChI=1S/C19H21ClFN3O/c1-12-6-7-15(10-17(12)21)24-9-8-14(11-24)22-19(25)23-18-5-3-4-16(20)13(18)2/h3-7,10,14H,8-9,11H2,1-2H3,(H2,22,23,25). The second kappa shape index (κ2) is 7.31. The minimum atomic E-state index is -0.257. The molecule has 0 saturated carbocycles. The normalized spacial score (nSPS) is 16.8. The van der Waals surface area contributed by atoms with Crippen LogP contribution in [0.4, 0.5) is 20.6 Å². The number of urea groups is 1. The molecular weight excluding hydrogens is 341 g/mol. The molecule has 2 amide bonds. The molecule has 2 aromatic carbocycles. The predicted octanol–water partition coefficient (Wildman–Crippen LogP) is 4.50. The Hall–Kier alpha value is -2.27. The van der Waals surface area contributed by atoms with E-state index in [4.69, 9.17) is 11.6 Å². The first-order valence-electron chi connectivity index (χ1n) is 8.28. The molecule has 1 saturated heterocycles. The van der Waals surface area contributed by atoms with Crippen molar-refractivity contribution in [2.75, 3.05) is 23.3 Å². The van der Waals surface area contributed by atoms with Gasteiger partial charge in [-0.15, -0.1) is 0 Å². The number of nitrogens with one attached hydrogen (secondary N) is 2. The predicted molar refractivity (Wildman–Crippen MR) is 100 cm³/mol. The van der Waals surface area contributed by atoms with Crippen LogP contribution >= 0.6 is 11.6 Å². The third kappa shape index (κ3) is 4.04. The van der Waals surface area contributed by atoms with Gasteiger partial charge in [-0.2, -0.15) is 0 Å². The van der Waals surface area contributed by atoms with Crippen molar-refractivity contribution in [3.05, 3.63) is 58.4 Å². The fourth-order valence-corrected chi connectivity index (χ4v) is 3.15. The lowest BCUT2D eigenvalue weighted by molar-refractivity contribution is 0.249. The maximum absolute atomic E-state index is 13.7. The van der Waals surface area contributed by atoms with E-state index < -0.39 is 0 Å². The van der Waals surface area contributed by atoms with Crippen LogP contribution in [-0.2, 0) is 0 Å². The summed E-state index contributed by atoms with van der Waals surface area (Å²) in [6, 6.07) is 10.4. The van der Waals surface area contributed by atoms with Crippen LogP contribution in [0.25, 0.3) is 0 Å². The summed E-state index contributed by atoms with van der Waals surface area (Å²) in [6.45, 7) is 5.05. The van der Waals surface area contributed by atoms with Crippen LogP contribution in [0.5, 0.6) is 0 Å². The Kier molecular flexibility index (Phi) is 5.13. The number of benzene rings is 2. The van der Waals surface area contributed by atoms with Gasteiger partial charge >= 0.3 is 6.03 Å². The van der Waals surface area contributed by atoms with Crippen LogP contribution < -0.4 is 15.5 Å². The monoisotopic (exact) mass is 361 g/mol. The Morgan fingerprint density at radius 3 is 2.84 bits per heavy atom. The fraction of sp³-hybridized carbons (Fsp3) is 0.316. The first-order chi connectivity index (χ1) is 11.9. The largest absolute Gasteiger partial charge is 0.369 e. The molecule has 6 heteroatoms. The quantitative estimate of drug-likeness (QED) is 0.845. The molecule has 0 bridgehead atoms. The molecule has 0 aliphatic carbocycles. The molecule has 132 valence electrons. The highest BCUT2D eigenvalue weighted by Gasteiger charge is 2.24. The molecule has 1 atom stereocenters. The number of nitrogens with zero attached hydrogens (tertiary/aromatic N) is 1. The topological polar surface area (TPSA) is 44.4 Å². The molecule has 1 aliphatic rings. The molecule has 4 nitrogen and oxygen atoms in total. The summed E-state index contributed by atoms with van der Waals surface area (Å²) >= 11 is 6.07. The lowest BCUT2D eigenvalue weighted by atomic mass is 10.2. The molecule has 0 aromatic heterocycles. The van der Waals surface area contributed by atoms with Crippen LogP contribution in [-0.4, -0.2) is 25.2 Å². The number of hydrogen-bond acceptors (Lipinski definition) is 2. The van der Waals surface area contributed by atoms with Crippen LogP contribution in [0.3, 0.4) is 0 Å². The lowest BCUT2D eigenvalue weighted by Crippen LogP contribution is -2.39. The minimum absolute atomic E-state index is 0.0175. The van der Waals surface area contributed by atoms with Gasteiger partial charge in [0.2, 0.25) is 0 Å². The van der Waals surface area contributed by atoms with Gasteiger partial charge in [0.25, 0.3) is 0 Å². The maximum atomic E-state index is 13.7. The Bertz CT molecular complexity index is 796. The van der Waals surface area contributed by atoms with E-state index >= 15 is 0 Å². The van der Waals surface area contributed by atoms with Crippen molar-refractivity contribution in [2.24, 2.45) is 0 Å². The van der Waals surface area contributed by atoms with E-state index in [0.29, 0.717) is 22.8 Å². The highest BCUT2D eigenvalue weighted by atomic mass is 35.5. The van der Waals surface area contributed by atoms with E-state index in [1.807, 2.05) is 19.1 Å². The van der Waals surface area contributed by atoms with E-state index in [0.717, 1.165) is 24.2 Å². The molecule has 0 spiro atoms. The lowest BCUT2D eigenvalue weighted by Gasteiger charge is -2.20. The zero-order chi connectivity index (χ0) is 18.0. The number of halogens is 2. The number of carbonyl (C=O) groups is 1. The van der Waals surface area contributed by atoms with Gasteiger partial charge in [0.1, 0.15) is 5.82 Å². The number of anilines is 2. The van der Waals surface area contributed by atoms with Crippen molar-refractivity contribution in [3.8, 4) is 0 Å². The van der Waals surface area contributed by atoms with Gasteiger partial charge in [-0.3, -0.25) is 0 Å². The maximum Gasteiger partial charge on any atom is 0.319 e. The highest BCUT2D eigenvalue weighted by molar-refractivity contribution is 6.31. The molecule has 2 aromatic rings. The van der Waals surface area contributed by atoms with E-state index in [1.165, 1.54) is 0 Å². The SMILES string of the molecule is Cc1ccc(N2CCC(NC(=O)Nc3cccc(Cl)c3C)C2)cc1F. The van der Waals surface area contributed by atoms with Gasteiger partial charge in [0, 0.05) is 35.5 Å².